The van der Waals surface area contributed by atoms with E-state index in [9.17, 15) is 0 Å². The van der Waals surface area contributed by atoms with Crippen LogP contribution in [0.1, 0.15) is 26.3 Å². The first-order chi connectivity index (χ1) is 9.98. The highest BCUT2D eigenvalue weighted by molar-refractivity contribution is 5.34. The van der Waals surface area contributed by atoms with Crippen LogP contribution in [0.4, 0.5) is 0 Å². The number of benzene rings is 1. The second-order valence-corrected chi connectivity index (χ2v) is 6.35. The summed E-state index contributed by atoms with van der Waals surface area (Å²) in [4.78, 5) is 2.47. The minimum atomic E-state index is -0.0824. The van der Waals surface area contributed by atoms with E-state index in [1.165, 1.54) is 5.56 Å². The smallest absolute Gasteiger partial charge is 0.122 e. The van der Waals surface area contributed by atoms with Crippen molar-refractivity contribution in [1.82, 2.24) is 4.90 Å². The topological polar surface area (TPSA) is 47.7 Å². The largest absolute Gasteiger partial charge is 0.496 e. The minimum Gasteiger partial charge on any atom is -0.496 e. The maximum atomic E-state index is 6.14. The lowest BCUT2D eigenvalue weighted by molar-refractivity contribution is -0.0973. The molecule has 0 radical (unpaired) electrons. The molecule has 0 bridgehead atoms. The van der Waals surface area contributed by atoms with Gasteiger partial charge in [-0.05, 0) is 38.8 Å². The predicted octanol–water partition coefficient (Wildman–Crippen LogP) is 2.06. The van der Waals surface area contributed by atoms with Crippen LogP contribution in [-0.4, -0.2) is 49.4 Å². The van der Waals surface area contributed by atoms with E-state index < -0.39 is 0 Å². The van der Waals surface area contributed by atoms with E-state index in [0.29, 0.717) is 6.54 Å². The predicted molar refractivity (Wildman–Crippen MR) is 85.7 cm³/mol. The number of nitrogens with zero attached hydrogens (tertiary/aromatic N) is 1. The molecule has 4 nitrogen and oxygen atoms in total. The number of rotatable bonds is 5. The lowest BCUT2D eigenvalue weighted by atomic mass is 9.89. The Morgan fingerprint density at radius 3 is 2.48 bits per heavy atom. The SMILES string of the molecule is COc1ccccc1CC(C)(CN)N1C[C@@H](C)O[C@@H](C)C1. The van der Waals surface area contributed by atoms with Crippen molar-refractivity contribution < 1.29 is 9.47 Å². The molecule has 1 aliphatic heterocycles. The average molecular weight is 292 g/mol. The molecule has 0 saturated carbocycles. The van der Waals surface area contributed by atoms with E-state index in [0.717, 1.165) is 25.3 Å². The highest BCUT2D eigenvalue weighted by atomic mass is 16.5. The molecule has 0 spiro atoms. The van der Waals surface area contributed by atoms with Crippen molar-refractivity contribution in [1.29, 1.82) is 0 Å². The summed E-state index contributed by atoms with van der Waals surface area (Å²) in [6.45, 7) is 8.96. The third-order valence-electron chi connectivity index (χ3n) is 4.39. The molecule has 1 aromatic carbocycles. The van der Waals surface area contributed by atoms with Gasteiger partial charge < -0.3 is 15.2 Å². The zero-order valence-corrected chi connectivity index (χ0v) is 13.6. The molecule has 1 fully saturated rings. The molecule has 2 rings (SSSR count). The van der Waals surface area contributed by atoms with Crippen molar-refractivity contribution in [3.63, 3.8) is 0 Å². The van der Waals surface area contributed by atoms with Crippen LogP contribution < -0.4 is 10.5 Å². The molecule has 21 heavy (non-hydrogen) atoms. The van der Waals surface area contributed by atoms with Gasteiger partial charge >= 0.3 is 0 Å². The Balaban J connectivity index is 2.20. The van der Waals surface area contributed by atoms with E-state index >= 15 is 0 Å². The molecule has 1 unspecified atom stereocenters. The third-order valence-corrected chi connectivity index (χ3v) is 4.39. The Morgan fingerprint density at radius 1 is 1.29 bits per heavy atom. The van der Waals surface area contributed by atoms with Crippen molar-refractivity contribution in [3.8, 4) is 5.75 Å². The van der Waals surface area contributed by atoms with Gasteiger partial charge in [0.2, 0.25) is 0 Å². The number of hydrogen-bond donors (Lipinski definition) is 1. The fourth-order valence-electron chi connectivity index (χ4n) is 3.19. The van der Waals surface area contributed by atoms with E-state index in [-0.39, 0.29) is 17.7 Å². The summed E-state index contributed by atoms with van der Waals surface area (Å²) >= 11 is 0. The molecule has 1 aromatic rings. The molecule has 0 aromatic heterocycles. The zero-order chi connectivity index (χ0) is 15.5. The lowest BCUT2D eigenvalue weighted by Crippen LogP contribution is -2.60. The molecule has 3 atom stereocenters. The fourth-order valence-corrected chi connectivity index (χ4v) is 3.19. The second kappa shape index (κ2) is 6.77. The van der Waals surface area contributed by atoms with Crippen molar-refractivity contribution >= 4 is 0 Å². The Labute approximate surface area is 128 Å². The molecule has 1 saturated heterocycles. The highest BCUT2D eigenvalue weighted by Gasteiger charge is 2.36. The Hall–Kier alpha value is -1.10. The van der Waals surface area contributed by atoms with Crippen LogP contribution in [0, 0.1) is 0 Å². The van der Waals surface area contributed by atoms with Gasteiger partial charge in [-0.1, -0.05) is 18.2 Å². The second-order valence-electron chi connectivity index (χ2n) is 6.35. The highest BCUT2D eigenvalue weighted by Crippen LogP contribution is 2.28. The summed E-state index contributed by atoms with van der Waals surface area (Å²) in [6.07, 6.45) is 1.38. The van der Waals surface area contributed by atoms with Gasteiger partial charge in [-0.3, -0.25) is 4.90 Å². The fraction of sp³-hybridized carbons (Fsp3) is 0.647. The van der Waals surface area contributed by atoms with Gasteiger partial charge in [-0.2, -0.15) is 0 Å². The summed E-state index contributed by atoms with van der Waals surface area (Å²) in [5, 5.41) is 0. The molecule has 1 aliphatic rings. The summed E-state index contributed by atoms with van der Waals surface area (Å²) in [5.74, 6) is 0.937. The maximum Gasteiger partial charge on any atom is 0.122 e. The van der Waals surface area contributed by atoms with Gasteiger partial charge in [-0.15, -0.1) is 0 Å². The molecular weight excluding hydrogens is 264 g/mol. The van der Waals surface area contributed by atoms with Crippen LogP contribution in [0.5, 0.6) is 5.75 Å². The van der Waals surface area contributed by atoms with Crippen LogP contribution in [0.3, 0.4) is 0 Å². The van der Waals surface area contributed by atoms with Crippen LogP contribution in [0.25, 0.3) is 0 Å². The number of methoxy groups -OCH3 is 1. The molecule has 2 N–H and O–H groups in total. The van der Waals surface area contributed by atoms with E-state index in [1.807, 2.05) is 12.1 Å². The van der Waals surface area contributed by atoms with Gasteiger partial charge in [0.1, 0.15) is 5.75 Å². The number of morpholine rings is 1. The van der Waals surface area contributed by atoms with Crippen LogP contribution in [-0.2, 0) is 11.2 Å². The Morgan fingerprint density at radius 2 is 1.90 bits per heavy atom. The lowest BCUT2D eigenvalue weighted by Gasteiger charge is -2.46. The molecular formula is C17H28N2O2. The van der Waals surface area contributed by atoms with Crippen molar-refractivity contribution in [2.75, 3.05) is 26.7 Å². The summed E-state index contributed by atoms with van der Waals surface area (Å²) in [6, 6.07) is 8.19. The Kier molecular flexibility index (Phi) is 5.25. The first kappa shape index (κ1) is 16.3. The zero-order valence-electron chi connectivity index (χ0n) is 13.6. The summed E-state index contributed by atoms with van der Waals surface area (Å²) < 4.78 is 11.3. The number of hydrogen-bond acceptors (Lipinski definition) is 4. The standard InChI is InChI=1S/C17H28N2O2/c1-13-10-19(11-14(2)21-13)17(3,12-18)9-15-7-5-6-8-16(15)20-4/h5-8,13-14H,9-12,18H2,1-4H3/t13-,14+,17?. The van der Waals surface area contributed by atoms with Crippen LogP contribution in [0.2, 0.25) is 0 Å². The Bertz CT molecular complexity index is 456. The molecule has 0 amide bonds. The van der Waals surface area contributed by atoms with E-state index in [1.54, 1.807) is 7.11 Å². The molecule has 1 heterocycles. The van der Waals surface area contributed by atoms with Crippen molar-refractivity contribution in [3.05, 3.63) is 29.8 Å². The minimum absolute atomic E-state index is 0.0824. The monoisotopic (exact) mass is 292 g/mol. The van der Waals surface area contributed by atoms with Crippen LogP contribution in [0.15, 0.2) is 24.3 Å². The molecule has 4 heteroatoms. The number of nitrogens with two attached hydrogens (primary N) is 1. The first-order valence-corrected chi connectivity index (χ1v) is 7.71. The maximum absolute atomic E-state index is 6.14. The normalized spacial score (nSPS) is 26.3. The quantitative estimate of drug-likeness (QED) is 0.902. The third kappa shape index (κ3) is 3.76. The van der Waals surface area contributed by atoms with Gasteiger partial charge in [0, 0.05) is 25.2 Å². The number of ether oxygens (including phenoxy) is 2. The average Bonchev–Trinajstić information content (AvgIpc) is 2.46. The molecule has 0 aliphatic carbocycles. The van der Waals surface area contributed by atoms with E-state index in [4.69, 9.17) is 15.2 Å². The summed E-state index contributed by atoms with van der Waals surface area (Å²) in [5.41, 5.74) is 7.27. The van der Waals surface area contributed by atoms with E-state index in [2.05, 4.69) is 37.8 Å². The van der Waals surface area contributed by atoms with Crippen molar-refractivity contribution in [2.45, 2.75) is 44.9 Å². The van der Waals surface area contributed by atoms with Crippen LogP contribution >= 0.6 is 0 Å². The van der Waals surface area contributed by atoms with Gasteiger partial charge in [-0.25, -0.2) is 0 Å². The van der Waals surface area contributed by atoms with Gasteiger partial charge in [0.05, 0.1) is 19.3 Å². The van der Waals surface area contributed by atoms with Crippen molar-refractivity contribution in [2.24, 2.45) is 5.73 Å². The van der Waals surface area contributed by atoms with Gasteiger partial charge in [0.25, 0.3) is 0 Å². The molecule has 118 valence electrons. The summed E-state index contributed by atoms with van der Waals surface area (Å²) in [7, 11) is 1.72. The van der Waals surface area contributed by atoms with Gasteiger partial charge in [0.15, 0.2) is 0 Å². The first-order valence-electron chi connectivity index (χ1n) is 7.71. The number of para-hydroxylation sites is 1.